The number of rotatable bonds is 2. The Labute approximate surface area is 106 Å². The normalized spacial score (nSPS) is 13.4. The lowest BCUT2D eigenvalue weighted by Crippen LogP contribution is -2.02. The topological polar surface area (TPSA) is 26.3 Å². The number of hydrogen-bond acceptors (Lipinski definition) is 2. The third-order valence-corrected chi connectivity index (χ3v) is 3.30. The summed E-state index contributed by atoms with van der Waals surface area (Å²) in [6, 6.07) is 13.5. The summed E-state index contributed by atoms with van der Waals surface area (Å²) in [7, 11) is 0. The Kier molecular flexibility index (Phi) is 2.73. The van der Waals surface area contributed by atoms with Gasteiger partial charge in [0.05, 0.1) is 13.2 Å². The van der Waals surface area contributed by atoms with Gasteiger partial charge in [0, 0.05) is 11.1 Å². The van der Waals surface area contributed by atoms with Crippen LogP contribution in [0.5, 0.6) is 0 Å². The Hall–Kier alpha value is -1.93. The van der Waals surface area contributed by atoms with E-state index in [0.29, 0.717) is 13.2 Å². The second-order valence-corrected chi connectivity index (χ2v) is 4.67. The first-order valence-electron chi connectivity index (χ1n) is 6.05. The Morgan fingerprint density at radius 3 is 2.39 bits per heavy atom. The molecule has 0 spiro atoms. The highest BCUT2D eigenvalue weighted by Crippen LogP contribution is 2.22. The van der Waals surface area contributed by atoms with E-state index in [1.807, 2.05) is 49.4 Å². The van der Waals surface area contributed by atoms with Gasteiger partial charge in [-0.25, -0.2) is 0 Å². The van der Waals surface area contributed by atoms with Gasteiger partial charge >= 0.3 is 0 Å². The third-order valence-electron chi connectivity index (χ3n) is 3.30. The minimum atomic E-state index is 0.0738. The van der Waals surface area contributed by atoms with E-state index in [1.54, 1.807) is 0 Å². The summed E-state index contributed by atoms with van der Waals surface area (Å²) in [5, 5.41) is 0. The molecule has 0 unspecified atom stereocenters. The zero-order chi connectivity index (χ0) is 12.5. The second kappa shape index (κ2) is 4.39. The number of ketones is 1. The lowest BCUT2D eigenvalue weighted by Gasteiger charge is -2.04. The molecule has 0 aromatic heterocycles. The first kappa shape index (κ1) is 11.2. The Morgan fingerprint density at radius 2 is 1.61 bits per heavy atom. The summed E-state index contributed by atoms with van der Waals surface area (Å²) in [6.07, 6.45) is 0. The van der Waals surface area contributed by atoms with Crippen LogP contribution in [0.25, 0.3) is 0 Å². The molecule has 1 aliphatic heterocycles. The van der Waals surface area contributed by atoms with Gasteiger partial charge in [0.15, 0.2) is 5.78 Å². The predicted octanol–water partition coefficient (Wildman–Crippen LogP) is 3.26. The molecule has 0 radical (unpaired) electrons. The van der Waals surface area contributed by atoms with Gasteiger partial charge in [-0.15, -0.1) is 0 Å². The Balaban J connectivity index is 1.95. The first-order valence-corrected chi connectivity index (χ1v) is 6.05. The van der Waals surface area contributed by atoms with Gasteiger partial charge in [0.1, 0.15) is 0 Å². The van der Waals surface area contributed by atoms with Gasteiger partial charge in [-0.2, -0.15) is 0 Å². The van der Waals surface area contributed by atoms with Gasteiger partial charge in [0.25, 0.3) is 0 Å². The van der Waals surface area contributed by atoms with Crippen LogP contribution in [0.15, 0.2) is 42.5 Å². The molecule has 18 heavy (non-hydrogen) atoms. The second-order valence-electron chi connectivity index (χ2n) is 4.67. The lowest BCUT2D eigenvalue weighted by molar-refractivity contribution is 0.103. The van der Waals surface area contributed by atoms with Crippen LogP contribution in [0.4, 0.5) is 0 Å². The van der Waals surface area contributed by atoms with Gasteiger partial charge in [-0.05, 0) is 24.1 Å². The molecule has 1 heterocycles. The van der Waals surface area contributed by atoms with Crippen molar-refractivity contribution >= 4 is 5.78 Å². The molecule has 0 saturated heterocycles. The van der Waals surface area contributed by atoms with Crippen molar-refractivity contribution in [3.8, 4) is 0 Å². The molecule has 0 amide bonds. The number of ether oxygens (including phenoxy) is 1. The maximum absolute atomic E-state index is 12.3. The molecule has 0 aliphatic carbocycles. The molecule has 0 atom stereocenters. The van der Waals surface area contributed by atoms with Gasteiger partial charge in [-0.3, -0.25) is 4.79 Å². The number of aryl methyl sites for hydroxylation is 1. The summed E-state index contributed by atoms with van der Waals surface area (Å²) in [5.74, 6) is 0.0738. The quantitative estimate of drug-likeness (QED) is 0.751. The monoisotopic (exact) mass is 238 g/mol. The van der Waals surface area contributed by atoms with Crippen molar-refractivity contribution in [1.29, 1.82) is 0 Å². The minimum absolute atomic E-state index is 0.0738. The first-order chi connectivity index (χ1) is 8.74. The van der Waals surface area contributed by atoms with Gasteiger partial charge < -0.3 is 4.74 Å². The Bertz CT molecular complexity index is 597. The molecule has 2 heteroatoms. The van der Waals surface area contributed by atoms with E-state index in [2.05, 4.69) is 0 Å². The Morgan fingerprint density at radius 1 is 0.944 bits per heavy atom. The molecule has 0 fully saturated rings. The van der Waals surface area contributed by atoms with Crippen LogP contribution in [0.3, 0.4) is 0 Å². The molecule has 0 saturated carbocycles. The molecule has 1 aliphatic rings. The van der Waals surface area contributed by atoms with Crippen LogP contribution < -0.4 is 0 Å². The van der Waals surface area contributed by atoms with Crippen molar-refractivity contribution in [2.75, 3.05) is 0 Å². The number of hydrogen-bond donors (Lipinski definition) is 0. The predicted molar refractivity (Wildman–Crippen MR) is 69.5 cm³/mol. The third kappa shape index (κ3) is 1.95. The highest BCUT2D eigenvalue weighted by Gasteiger charge is 2.15. The van der Waals surface area contributed by atoms with Crippen molar-refractivity contribution < 1.29 is 9.53 Å². The van der Waals surface area contributed by atoms with Gasteiger partial charge in [0.2, 0.25) is 0 Å². The smallest absolute Gasteiger partial charge is 0.193 e. The molecule has 0 bridgehead atoms. The summed E-state index contributed by atoms with van der Waals surface area (Å²) in [4.78, 5) is 12.3. The van der Waals surface area contributed by atoms with Crippen molar-refractivity contribution in [2.45, 2.75) is 20.1 Å². The van der Waals surface area contributed by atoms with E-state index in [4.69, 9.17) is 4.74 Å². The van der Waals surface area contributed by atoms with E-state index in [1.165, 1.54) is 5.56 Å². The fourth-order valence-corrected chi connectivity index (χ4v) is 2.18. The van der Waals surface area contributed by atoms with Crippen molar-refractivity contribution in [3.05, 3.63) is 70.3 Å². The van der Waals surface area contributed by atoms with E-state index < -0.39 is 0 Å². The number of carbonyl (C=O) groups excluding carboxylic acids is 1. The number of benzene rings is 2. The van der Waals surface area contributed by atoms with Gasteiger partial charge in [-0.1, -0.05) is 42.0 Å². The highest BCUT2D eigenvalue weighted by molar-refractivity contribution is 6.09. The van der Waals surface area contributed by atoms with E-state index in [0.717, 1.165) is 22.3 Å². The average Bonchev–Trinajstić information content (AvgIpc) is 2.86. The highest BCUT2D eigenvalue weighted by atomic mass is 16.5. The van der Waals surface area contributed by atoms with Crippen molar-refractivity contribution in [3.63, 3.8) is 0 Å². The molecule has 2 aromatic carbocycles. The van der Waals surface area contributed by atoms with E-state index >= 15 is 0 Å². The fraction of sp³-hybridized carbons (Fsp3) is 0.188. The van der Waals surface area contributed by atoms with Crippen LogP contribution in [0, 0.1) is 6.92 Å². The maximum Gasteiger partial charge on any atom is 0.193 e. The molecule has 2 nitrogen and oxygen atoms in total. The molecular weight excluding hydrogens is 224 g/mol. The summed E-state index contributed by atoms with van der Waals surface area (Å²) < 4.78 is 5.36. The zero-order valence-corrected chi connectivity index (χ0v) is 10.3. The number of carbonyl (C=O) groups is 1. The molecule has 90 valence electrons. The van der Waals surface area contributed by atoms with E-state index in [-0.39, 0.29) is 5.78 Å². The number of fused-ring (bicyclic) bond motifs is 1. The molecule has 0 N–H and O–H groups in total. The minimum Gasteiger partial charge on any atom is -0.372 e. The summed E-state index contributed by atoms with van der Waals surface area (Å²) in [6.45, 7) is 3.29. The van der Waals surface area contributed by atoms with Crippen molar-refractivity contribution in [1.82, 2.24) is 0 Å². The van der Waals surface area contributed by atoms with Crippen LogP contribution in [0.1, 0.15) is 32.6 Å². The zero-order valence-electron chi connectivity index (χ0n) is 10.3. The standard InChI is InChI=1S/C16H14O2/c1-11-2-4-12(5-3-11)16(17)13-6-7-14-9-18-10-15(14)8-13/h2-8H,9-10H2,1H3. The SMILES string of the molecule is Cc1ccc(C(=O)c2ccc3c(c2)COC3)cc1. The average molecular weight is 238 g/mol. The van der Waals surface area contributed by atoms with Crippen molar-refractivity contribution in [2.24, 2.45) is 0 Å². The molecular formula is C16H14O2. The summed E-state index contributed by atoms with van der Waals surface area (Å²) >= 11 is 0. The largest absolute Gasteiger partial charge is 0.372 e. The maximum atomic E-state index is 12.3. The summed E-state index contributed by atoms with van der Waals surface area (Å²) in [5.41, 5.74) is 4.96. The lowest BCUT2D eigenvalue weighted by atomic mass is 9.99. The fourth-order valence-electron chi connectivity index (χ4n) is 2.18. The molecule has 2 aromatic rings. The van der Waals surface area contributed by atoms with Crippen LogP contribution in [0.2, 0.25) is 0 Å². The van der Waals surface area contributed by atoms with E-state index in [9.17, 15) is 4.79 Å². The van der Waals surface area contributed by atoms with Crippen LogP contribution >= 0.6 is 0 Å². The molecule has 3 rings (SSSR count). The van der Waals surface area contributed by atoms with Crippen LogP contribution in [-0.2, 0) is 18.0 Å². The van der Waals surface area contributed by atoms with Crippen LogP contribution in [-0.4, -0.2) is 5.78 Å².